The lowest BCUT2D eigenvalue weighted by atomic mass is 9.71. The second-order valence-electron chi connectivity index (χ2n) is 9.18. The minimum absolute atomic E-state index is 0.138. The first kappa shape index (κ1) is 21.0. The van der Waals surface area contributed by atoms with Crippen LogP contribution >= 0.6 is 0 Å². The van der Waals surface area contributed by atoms with Crippen LogP contribution in [0.3, 0.4) is 0 Å². The first-order valence-electron chi connectivity index (χ1n) is 10.6. The molecule has 1 unspecified atom stereocenters. The second kappa shape index (κ2) is 7.76. The van der Waals surface area contributed by atoms with Crippen LogP contribution in [-0.2, 0) is 24.9 Å². The van der Waals surface area contributed by atoms with E-state index in [4.69, 9.17) is 0 Å². The van der Waals surface area contributed by atoms with Gasteiger partial charge in [0.25, 0.3) is 5.92 Å². The number of rotatable bonds is 4. The molecule has 3 heterocycles. The van der Waals surface area contributed by atoms with Gasteiger partial charge in [0.05, 0.1) is 29.9 Å². The number of benzene rings is 1. The van der Waals surface area contributed by atoms with Crippen molar-refractivity contribution in [2.45, 2.75) is 52.1 Å². The van der Waals surface area contributed by atoms with Crippen LogP contribution in [0.1, 0.15) is 41.8 Å². The van der Waals surface area contributed by atoms with Gasteiger partial charge in [-0.05, 0) is 38.3 Å². The monoisotopic (exact) mass is 416 g/mol. The normalized spacial score (nSPS) is 24.6. The summed E-state index contributed by atoms with van der Waals surface area (Å²) in [6.45, 7) is 5.46. The predicted octanol–water partition coefficient (Wildman–Crippen LogP) is 3.69. The largest absolute Gasteiger partial charge is 0.336 e. The van der Waals surface area contributed by atoms with Crippen LogP contribution in [0.2, 0.25) is 0 Å². The minimum atomic E-state index is -2.87. The number of hydrogen-bond acceptors (Lipinski definition) is 3. The van der Waals surface area contributed by atoms with Crippen LogP contribution in [0.4, 0.5) is 8.78 Å². The Morgan fingerprint density at radius 3 is 2.63 bits per heavy atom. The zero-order valence-electron chi connectivity index (χ0n) is 18.0. The molecule has 2 aliphatic heterocycles. The summed E-state index contributed by atoms with van der Waals surface area (Å²) in [6, 6.07) is 9.89. The van der Waals surface area contributed by atoms with Crippen LogP contribution in [0.15, 0.2) is 30.3 Å². The third-order valence-electron chi connectivity index (χ3n) is 6.34. The fourth-order valence-electron chi connectivity index (χ4n) is 5.22. The maximum absolute atomic E-state index is 14.8. The van der Waals surface area contributed by atoms with Crippen molar-refractivity contribution in [1.29, 1.82) is 0 Å². The third-order valence-corrected chi connectivity index (χ3v) is 6.34. The van der Waals surface area contributed by atoms with Crippen LogP contribution in [-0.4, -0.2) is 51.0 Å². The molecule has 7 heteroatoms. The topological polar surface area (TPSA) is 41.4 Å². The van der Waals surface area contributed by atoms with Crippen LogP contribution in [0.25, 0.3) is 0 Å². The van der Waals surface area contributed by atoms with Gasteiger partial charge in [0.2, 0.25) is 5.91 Å². The highest BCUT2D eigenvalue weighted by molar-refractivity contribution is 5.84. The molecule has 0 aliphatic carbocycles. The lowest BCUT2D eigenvalue weighted by Crippen LogP contribution is -2.60. The van der Waals surface area contributed by atoms with Gasteiger partial charge in [0, 0.05) is 33.1 Å². The summed E-state index contributed by atoms with van der Waals surface area (Å²) in [5, 5.41) is 4.35. The van der Waals surface area contributed by atoms with Crippen molar-refractivity contribution in [2.75, 3.05) is 19.6 Å². The van der Waals surface area contributed by atoms with Gasteiger partial charge in [-0.3, -0.25) is 14.4 Å². The molecule has 0 bridgehead atoms. The van der Waals surface area contributed by atoms with Gasteiger partial charge < -0.3 is 4.90 Å². The van der Waals surface area contributed by atoms with Crippen molar-refractivity contribution >= 4 is 5.91 Å². The predicted molar refractivity (Wildman–Crippen MR) is 111 cm³/mol. The summed E-state index contributed by atoms with van der Waals surface area (Å²) in [4.78, 5) is 17.0. The van der Waals surface area contributed by atoms with Gasteiger partial charge in [0.1, 0.15) is 0 Å². The van der Waals surface area contributed by atoms with Crippen molar-refractivity contribution in [3.05, 3.63) is 52.8 Å². The highest BCUT2D eigenvalue weighted by Gasteiger charge is 2.55. The number of halogens is 2. The molecule has 0 saturated carbocycles. The fourth-order valence-corrected chi connectivity index (χ4v) is 5.22. The Morgan fingerprint density at radius 2 is 1.93 bits per heavy atom. The van der Waals surface area contributed by atoms with Crippen molar-refractivity contribution in [2.24, 2.45) is 12.5 Å². The Bertz CT molecular complexity index is 941. The van der Waals surface area contributed by atoms with Crippen molar-refractivity contribution < 1.29 is 13.6 Å². The number of alkyl halides is 2. The van der Waals surface area contributed by atoms with E-state index >= 15 is 0 Å². The number of amides is 1. The van der Waals surface area contributed by atoms with Gasteiger partial charge in [0.15, 0.2) is 0 Å². The Hall–Kier alpha value is -2.28. The van der Waals surface area contributed by atoms with E-state index in [-0.39, 0.29) is 18.9 Å². The van der Waals surface area contributed by atoms with Gasteiger partial charge in [-0.2, -0.15) is 5.10 Å². The number of nitrogens with zero attached hydrogens (tertiary/aromatic N) is 4. The van der Waals surface area contributed by atoms with E-state index in [1.165, 1.54) is 0 Å². The van der Waals surface area contributed by atoms with Crippen LogP contribution in [0, 0.1) is 19.3 Å². The highest BCUT2D eigenvalue weighted by Crippen LogP contribution is 2.45. The summed E-state index contributed by atoms with van der Waals surface area (Å²) in [5.41, 5.74) is 2.92. The summed E-state index contributed by atoms with van der Waals surface area (Å²) in [5.74, 6) is -3.01. The molecule has 30 heavy (non-hydrogen) atoms. The molecule has 2 saturated heterocycles. The van der Waals surface area contributed by atoms with Crippen LogP contribution < -0.4 is 0 Å². The van der Waals surface area contributed by atoms with E-state index in [2.05, 4.69) is 5.10 Å². The number of aryl methyl sites for hydroxylation is 3. The maximum atomic E-state index is 14.8. The standard InChI is InChI=1S/C23H30F2N4O/c1-17-6-4-7-19(10-17)12-28-15-22(14-23(24,25)16-28)8-5-9-29(21(22)30)13-20-11-18(2)26-27(20)3/h4,6-7,10-11H,5,8-9,12-16H2,1-3H3. The number of aromatic nitrogens is 2. The molecule has 0 radical (unpaired) electrons. The molecule has 1 amide bonds. The van der Waals surface area contributed by atoms with E-state index in [0.29, 0.717) is 32.6 Å². The quantitative estimate of drug-likeness (QED) is 0.763. The fraction of sp³-hybridized carbons (Fsp3) is 0.565. The van der Waals surface area contributed by atoms with E-state index in [0.717, 1.165) is 28.9 Å². The van der Waals surface area contributed by atoms with E-state index < -0.39 is 11.3 Å². The Labute approximate surface area is 176 Å². The van der Waals surface area contributed by atoms with Crippen molar-refractivity contribution in [3.63, 3.8) is 0 Å². The highest BCUT2D eigenvalue weighted by atomic mass is 19.3. The number of piperidine rings is 2. The van der Waals surface area contributed by atoms with Crippen LogP contribution in [0.5, 0.6) is 0 Å². The van der Waals surface area contributed by atoms with Crippen molar-refractivity contribution in [1.82, 2.24) is 19.6 Å². The molecule has 1 atom stereocenters. The molecule has 4 rings (SSSR count). The first-order valence-corrected chi connectivity index (χ1v) is 10.6. The lowest BCUT2D eigenvalue weighted by Gasteiger charge is -2.49. The average molecular weight is 417 g/mol. The zero-order chi connectivity index (χ0) is 21.5. The third kappa shape index (κ3) is 4.26. The molecule has 1 aromatic carbocycles. The number of hydrogen-bond donors (Lipinski definition) is 0. The summed E-state index contributed by atoms with van der Waals surface area (Å²) in [6.07, 6.45) is 0.910. The Morgan fingerprint density at radius 1 is 1.13 bits per heavy atom. The van der Waals surface area contributed by atoms with Gasteiger partial charge >= 0.3 is 0 Å². The minimum Gasteiger partial charge on any atom is -0.336 e. The molecular weight excluding hydrogens is 386 g/mol. The first-order chi connectivity index (χ1) is 14.2. The Balaban J connectivity index is 1.55. The lowest BCUT2D eigenvalue weighted by molar-refractivity contribution is -0.171. The van der Waals surface area contributed by atoms with E-state index in [9.17, 15) is 13.6 Å². The number of carbonyl (C=O) groups is 1. The maximum Gasteiger partial charge on any atom is 0.261 e. The second-order valence-corrected chi connectivity index (χ2v) is 9.18. The molecule has 2 aliphatic rings. The summed E-state index contributed by atoms with van der Waals surface area (Å²) >= 11 is 0. The smallest absolute Gasteiger partial charge is 0.261 e. The molecule has 0 N–H and O–H groups in total. The van der Waals surface area contributed by atoms with E-state index in [1.807, 2.05) is 51.2 Å². The molecule has 5 nitrogen and oxygen atoms in total. The number of likely N-dealkylation sites (tertiary alicyclic amines) is 2. The Kier molecular flexibility index (Phi) is 5.43. The molecule has 2 aromatic rings. The van der Waals surface area contributed by atoms with Gasteiger partial charge in [-0.15, -0.1) is 0 Å². The number of carbonyl (C=O) groups excluding carboxylic acids is 1. The van der Waals surface area contributed by atoms with Gasteiger partial charge in [-0.1, -0.05) is 29.8 Å². The molecule has 1 aromatic heterocycles. The van der Waals surface area contributed by atoms with Crippen molar-refractivity contribution in [3.8, 4) is 0 Å². The zero-order valence-corrected chi connectivity index (χ0v) is 18.0. The average Bonchev–Trinajstić information content (AvgIpc) is 2.95. The molecule has 2 fully saturated rings. The molecule has 162 valence electrons. The SMILES string of the molecule is Cc1cccc(CN2CC(F)(F)CC3(CCCN(Cc4cc(C)nn4C)C3=O)C2)c1. The van der Waals surface area contributed by atoms with Gasteiger partial charge in [-0.25, -0.2) is 8.78 Å². The summed E-state index contributed by atoms with van der Waals surface area (Å²) < 4.78 is 31.4. The summed E-state index contributed by atoms with van der Waals surface area (Å²) in [7, 11) is 1.85. The van der Waals surface area contributed by atoms with E-state index in [1.54, 1.807) is 14.5 Å². The molecule has 1 spiro atoms. The molecular formula is C23H30F2N4O.